The highest BCUT2D eigenvalue weighted by Gasteiger charge is 2.21. The van der Waals surface area contributed by atoms with Gasteiger partial charge in [-0.25, -0.2) is 4.98 Å². The molecule has 2 aliphatic rings. The van der Waals surface area contributed by atoms with Crippen LogP contribution in [0.5, 0.6) is 17.4 Å². The van der Waals surface area contributed by atoms with E-state index in [9.17, 15) is 0 Å². The molecule has 1 aliphatic heterocycles. The lowest BCUT2D eigenvalue weighted by Gasteiger charge is -2.26. The highest BCUT2D eigenvalue weighted by atomic mass is 16.6. The van der Waals surface area contributed by atoms with E-state index in [1.807, 2.05) is 24.3 Å². The highest BCUT2D eigenvalue weighted by molar-refractivity contribution is 5.40. The van der Waals surface area contributed by atoms with Gasteiger partial charge in [-0.15, -0.1) is 0 Å². The molecule has 0 radical (unpaired) electrons. The quantitative estimate of drug-likeness (QED) is 0.871. The number of aromatic nitrogens is 2. The second-order valence-corrected chi connectivity index (χ2v) is 5.62. The molecule has 22 heavy (non-hydrogen) atoms. The zero-order chi connectivity index (χ0) is 14.8. The summed E-state index contributed by atoms with van der Waals surface area (Å²) in [6, 6.07) is 7.67. The Labute approximate surface area is 129 Å². The van der Waals surface area contributed by atoms with Crippen LogP contribution < -0.4 is 14.2 Å². The fourth-order valence-electron chi connectivity index (χ4n) is 2.82. The molecule has 0 amide bonds. The second kappa shape index (κ2) is 5.83. The summed E-state index contributed by atoms with van der Waals surface area (Å²) in [7, 11) is 0. The third-order valence-electron chi connectivity index (χ3n) is 3.97. The first kappa shape index (κ1) is 13.4. The SMILES string of the molecule is c1ccc2c(c1)OCC(COc1cnc3c(n1)CCCC3)O2. The van der Waals surface area contributed by atoms with Gasteiger partial charge in [0.2, 0.25) is 5.88 Å². The number of aryl methyl sites for hydroxylation is 2. The Morgan fingerprint density at radius 1 is 1.09 bits per heavy atom. The topological polar surface area (TPSA) is 53.5 Å². The predicted molar refractivity (Wildman–Crippen MR) is 80.5 cm³/mol. The minimum Gasteiger partial charge on any atom is -0.486 e. The summed E-state index contributed by atoms with van der Waals surface area (Å²) in [6.45, 7) is 0.886. The first-order valence-corrected chi connectivity index (χ1v) is 7.74. The molecule has 5 heteroatoms. The number of fused-ring (bicyclic) bond motifs is 2. The van der Waals surface area contributed by atoms with Crippen molar-refractivity contribution in [2.75, 3.05) is 13.2 Å². The molecule has 0 saturated carbocycles. The van der Waals surface area contributed by atoms with Crippen molar-refractivity contribution in [1.29, 1.82) is 0 Å². The zero-order valence-electron chi connectivity index (χ0n) is 12.3. The predicted octanol–water partition coefficient (Wildman–Crippen LogP) is 2.57. The number of nitrogens with zero attached hydrogens (tertiary/aromatic N) is 2. The minimum atomic E-state index is -0.132. The molecule has 1 aromatic carbocycles. The third-order valence-corrected chi connectivity index (χ3v) is 3.97. The number of ether oxygens (including phenoxy) is 3. The van der Waals surface area contributed by atoms with E-state index in [0.29, 0.717) is 19.1 Å². The first-order valence-electron chi connectivity index (χ1n) is 7.74. The van der Waals surface area contributed by atoms with Crippen molar-refractivity contribution in [2.45, 2.75) is 31.8 Å². The van der Waals surface area contributed by atoms with E-state index in [-0.39, 0.29) is 6.10 Å². The van der Waals surface area contributed by atoms with E-state index in [1.165, 1.54) is 12.8 Å². The number of rotatable bonds is 3. The lowest BCUT2D eigenvalue weighted by molar-refractivity contribution is 0.0519. The Hall–Kier alpha value is -2.30. The van der Waals surface area contributed by atoms with Gasteiger partial charge in [-0.2, -0.15) is 0 Å². The summed E-state index contributed by atoms with van der Waals surface area (Å²) in [5, 5.41) is 0. The molecule has 5 nitrogen and oxygen atoms in total. The van der Waals surface area contributed by atoms with Crippen molar-refractivity contribution in [3.05, 3.63) is 41.9 Å². The summed E-state index contributed by atoms with van der Waals surface area (Å²) < 4.78 is 17.3. The van der Waals surface area contributed by atoms with Gasteiger partial charge in [0.05, 0.1) is 17.6 Å². The Morgan fingerprint density at radius 2 is 1.91 bits per heavy atom. The number of hydrogen-bond donors (Lipinski definition) is 0. The van der Waals surface area contributed by atoms with Crippen LogP contribution in [0.2, 0.25) is 0 Å². The molecule has 114 valence electrons. The second-order valence-electron chi connectivity index (χ2n) is 5.62. The van der Waals surface area contributed by atoms with Gasteiger partial charge in [0.15, 0.2) is 17.6 Å². The maximum absolute atomic E-state index is 5.87. The van der Waals surface area contributed by atoms with Crippen LogP contribution >= 0.6 is 0 Å². The zero-order valence-corrected chi connectivity index (χ0v) is 12.3. The standard InChI is InChI=1S/C17H18N2O3/c1-2-6-14-13(5-1)18-9-17(19-14)21-11-12-10-20-15-7-3-4-8-16(15)22-12/h3-4,7-9,12H,1-2,5-6,10-11H2. The van der Waals surface area contributed by atoms with Crippen LogP contribution in [-0.4, -0.2) is 29.3 Å². The lowest BCUT2D eigenvalue weighted by atomic mass is 10.0. The van der Waals surface area contributed by atoms with Gasteiger partial charge in [0.1, 0.15) is 13.2 Å². The molecule has 0 N–H and O–H groups in total. The average Bonchev–Trinajstić information content (AvgIpc) is 2.59. The number of para-hydroxylation sites is 2. The van der Waals surface area contributed by atoms with E-state index < -0.39 is 0 Å². The number of hydrogen-bond acceptors (Lipinski definition) is 5. The third kappa shape index (κ3) is 2.71. The van der Waals surface area contributed by atoms with E-state index in [4.69, 9.17) is 14.2 Å². The fraction of sp³-hybridized carbons (Fsp3) is 0.412. The minimum absolute atomic E-state index is 0.132. The van der Waals surface area contributed by atoms with Crippen LogP contribution in [0.25, 0.3) is 0 Å². The Morgan fingerprint density at radius 3 is 2.82 bits per heavy atom. The molecule has 1 aromatic heterocycles. The van der Waals surface area contributed by atoms with Gasteiger partial charge >= 0.3 is 0 Å². The molecule has 0 fully saturated rings. The van der Waals surface area contributed by atoms with Gasteiger partial charge in [-0.3, -0.25) is 4.98 Å². The molecule has 0 saturated heterocycles. The molecule has 1 aliphatic carbocycles. The summed E-state index contributed by atoms with van der Waals surface area (Å²) in [5.74, 6) is 2.12. The lowest BCUT2D eigenvalue weighted by Crippen LogP contribution is -2.34. The molecular weight excluding hydrogens is 280 g/mol. The summed E-state index contributed by atoms with van der Waals surface area (Å²) in [6.07, 6.45) is 5.99. The average molecular weight is 298 g/mol. The molecule has 1 unspecified atom stereocenters. The van der Waals surface area contributed by atoms with E-state index in [2.05, 4.69) is 9.97 Å². The number of benzene rings is 1. The van der Waals surface area contributed by atoms with Gasteiger partial charge in [-0.05, 0) is 37.8 Å². The monoisotopic (exact) mass is 298 g/mol. The van der Waals surface area contributed by atoms with E-state index >= 15 is 0 Å². The first-order chi connectivity index (χ1) is 10.9. The summed E-state index contributed by atoms with van der Waals surface area (Å²) in [5.41, 5.74) is 2.19. The van der Waals surface area contributed by atoms with Crippen LogP contribution in [0.3, 0.4) is 0 Å². The van der Waals surface area contributed by atoms with Crippen molar-refractivity contribution in [3.63, 3.8) is 0 Å². The van der Waals surface area contributed by atoms with Crippen molar-refractivity contribution >= 4 is 0 Å². The van der Waals surface area contributed by atoms with Crippen molar-refractivity contribution in [3.8, 4) is 17.4 Å². The van der Waals surface area contributed by atoms with Crippen LogP contribution in [0.4, 0.5) is 0 Å². The Bertz CT molecular complexity index is 675. The van der Waals surface area contributed by atoms with Crippen LogP contribution in [0.1, 0.15) is 24.2 Å². The van der Waals surface area contributed by atoms with E-state index in [1.54, 1.807) is 6.20 Å². The molecular formula is C17H18N2O3. The van der Waals surface area contributed by atoms with Gasteiger partial charge < -0.3 is 14.2 Å². The normalized spacial score (nSPS) is 19.4. The van der Waals surface area contributed by atoms with Gasteiger partial charge in [0.25, 0.3) is 0 Å². The molecule has 2 heterocycles. The molecule has 1 atom stereocenters. The largest absolute Gasteiger partial charge is 0.486 e. The van der Waals surface area contributed by atoms with Crippen molar-refractivity contribution < 1.29 is 14.2 Å². The van der Waals surface area contributed by atoms with Gasteiger partial charge in [-0.1, -0.05) is 12.1 Å². The fourth-order valence-corrected chi connectivity index (χ4v) is 2.82. The Kier molecular flexibility index (Phi) is 3.54. The van der Waals surface area contributed by atoms with Crippen molar-refractivity contribution in [2.24, 2.45) is 0 Å². The van der Waals surface area contributed by atoms with Crippen LogP contribution in [-0.2, 0) is 12.8 Å². The van der Waals surface area contributed by atoms with Crippen LogP contribution in [0, 0.1) is 0 Å². The smallest absolute Gasteiger partial charge is 0.232 e. The van der Waals surface area contributed by atoms with Crippen molar-refractivity contribution in [1.82, 2.24) is 9.97 Å². The molecule has 0 bridgehead atoms. The highest BCUT2D eigenvalue weighted by Crippen LogP contribution is 2.31. The van der Waals surface area contributed by atoms with Crippen LogP contribution in [0.15, 0.2) is 30.5 Å². The molecule has 2 aromatic rings. The van der Waals surface area contributed by atoms with E-state index in [0.717, 1.165) is 35.7 Å². The maximum atomic E-state index is 5.87. The summed E-state index contributed by atoms with van der Waals surface area (Å²) in [4.78, 5) is 9.02. The maximum Gasteiger partial charge on any atom is 0.232 e. The van der Waals surface area contributed by atoms with Gasteiger partial charge in [0, 0.05) is 0 Å². The molecule has 4 rings (SSSR count). The summed E-state index contributed by atoms with van der Waals surface area (Å²) >= 11 is 0. The Balaban J connectivity index is 1.39. The molecule has 0 spiro atoms.